The lowest BCUT2D eigenvalue weighted by Crippen LogP contribution is -2.53. The molecule has 11 heteroatoms. The van der Waals surface area contributed by atoms with E-state index in [1.165, 1.54) is 36.3 Å². The summed E-state index contributed by atoms with van der Waals surface area (Å²) in [5, 5.41) is 3.64. The Morgan fingerprint density at radius 1 is 0.976 bits per heavy atom. The van der Waals surface area contributed by atoms with Gasteiger partial charge in [0.25, 0.3) is 10.0 Å². The van der Waals surface area contributed by atoms with Crippen LogP contribution in [0.25, 0.3) is 0 Å². The van der Waals surface area contributed by atoms with Gasteiger partial charge in [0, 0.05) is 22.6 Å². The van der Waals surface area contributed by atoms with E-state index in [4.69, 9.17) is 27.9 Å². The first-order valence-electron chi connectivity index (χ1n) is 13.7. The van der Waals surface area contributed by atoms with Gasteiger partial charge in [-0.15, -0.1) is 0 Å². The summed E-state index contributed by atoms with van der Waals surface area (Å²) in [6, 6.07) is 16.9. The second kappa shape index (κ2) is 14.8. The summed E-state index contributed by atoms with van der Waals surface area (Å²) >= 11 is 12.8. The van der Waals surface area contributed by atoms with Gasteiger partial charge < -0.3 is 15.0 Å². The van der Waals surface area contributed by atoms with Gasteiger partial charge in [-0.05, 0) is 68.7 Å². The molecule has 0 saturated carbocycles. The van der Waals surface area contributed by atoms with E-state index in [2.05, 4.69) is 5.32 Å². The van der Waals surface area contributed by atoms with E-state index in [0.717, 1.165) is 9.87 Å². The zero-order chi connectivity index (χ0) is 31.0. The molecule has 0 fully saturated rings. The average Bonchev–Trinajstić information content (AvgIpc) is 2.96. The highest BCUT2D eigenvalue weighted by atomic mass is 35.5. The Kier molecular flexibility index (Phi) is 11.7. The standard InChI is InChI=1S/C31H37Cl2N3O5S/c1-6-22(4)34-31(38)27(7-2)35(19-23-10-8-9-11-26(23)33)30(37)20-36(28-18-24(32)14-17-29(28)41-5)42(39,40)25-15-12-21(3)13-16-25/h8-18,22,27H,6-7,19-20H2,1-5H3,(H,34,38)/t22-,27-/m1/s1. The summed E-state index contributed by atoms with van der Waals surface area (Å²) in [6.07, 6.45) is 1.00. The van der Waals surface area contributed by atoms with Crippen molar-refractivity contribution >= 4 is 50.7 Å². The third-order valence-corrected chi connectivity index (χ3v) is 9.36. The maximum Gasteiger partial charge on any atom is 0.264 e. The number of halogens is 2. The van der Waals surface area contributed by atoms with Gasteiger partial charge >= 0.3 is 0 Å². The molecule has 0 aliphatic heterocycles. The summed E-state index contributed by atoms with van der Waals surface area (Å²) in [5.41, 5.74) is 1.59. The number of anilines is 1. The van der Waals surface area contributed by atoms with Crippen molar-refractivity contribution in [3.63, 3.8) is 0 Å². The van der Waals surface area contributed by atoms with Crippen LogP contribution in [0.3, 0.4) is 0 Å². The molecular formula is C31H37Cl2N3O5S. The van der Waals surface area contributed by atoms with Crippen LogP contribution in [-0.4, -0.2) is 50.9 Å². The lowest BCUT2D eigenvalue weighted by atomic mass is 10.1. The number of carbonyl (C=O) groups excluding carboxylic acids is 2. The van der Waals surface area contributed by atoms with Crippen LogP contribution in [0.2, 0.25) is 10.0 Å². The second-order valence-electron chi connectivity index (χ2n) is 10.00. The van der Waals surface area contributed by atoms with E-state index in [1.807, 2.05) is 20.8 Å². The molecule has 0 unspecified atom stereocenters. The maximum atomic E-state index is 14.2. The van der Waals surface area contributed by atoms with Crippen LogP contribution in [0.1, 0.15) is 44.7 Å². The molecule has 0 bridgehead atoms. The van der Waals surface area contributed by atoms with Gasteiger partial charge in [0.15, 0.2) is 0 Å². The van der Waals surface area contributed by atoms with Crippen molar-refractivity contribution in [1.82, 2.24) is 10.2 Å². The number of amides is 2. The van der Waals surface area contributed by atoms with Crippen molar-refractivity contribution < 1.29 is 22.7 Å². The van der Waals surface area contributed by atoms with Crippen LogP contribution in [-0.2, 0) is 26.2 Å². The molecule has 42 heavy (non-hydrogen) atoms. The number of rotatable bonds is 13. The number of aryl methyl sites for hydroxylation is 1. The summed E-state index contributed by atoms with van der Waals surface area (Å²) in [6.45, 7) is 6.85. The quantitative estimate of drug-likeness (QED) is 0.241. The number of methoxy groups -OCH3 is 1. The lowest BCUT2D eigenvalue weighted by Gasteiger charge is -2.34. The predicted octanol–water partition coefficient (Wildman–Crippen LogP) is 6.23. The molecule has 0 heterocycles. The molecule has 1 N–H and O–H groups in total. The number of nitrogens with zero attached hydrogens (tertiary/aromatic N) is 2. The molecule has 0 saturated heterocycles. The van der Waals surface area contributed by atoms with E-state index in [9.17, 15) is 18.0 Å². The number of sulfonamides is 1. The summed E-state index contributed by atoms with van der Waals surface area (Å²) in [5.74, 6) is -0.721. The topological polar surface area (TPSA) is 96.0 Å². The van der Waals surface area contributed by atoms with Gasteiger partial charge in [0.05, 0.1) is 17.7 Å². The Balaban J connectivity index is 2.14. The molecular weight excluding hydrogens is 597 g/mol. The number of hydrogen-bond acceptors (Lipinski definition) is 5. The van der Waals surface area contributed by atoms with E-state index < -0.39 is 28.5 Å². The fraction of sp³-hybridized carbons (Fsp3) is 0.355. The minimum atomic E-state index is -4.28. The summed E-state index contributed by atoms with van der Waals surface area (Å²) in [4.78, 5) is 29.0. The van der Waals surface area contributed by atoms with Crippen LogP contribution < -0.4 is 14.4 Å². The molecule has 0 spiro atoms. The minimum Gasteiger partial charge on any atom is -0.495 e. The van der Waals surface area contributed by atoms with Crippen LogP contribution in [0.4, 0.5) is 5.69 Å². The third-order valence-electron chi connectivity index (χ3n) is 6.98. The monoisotopic (exact) mass is 633 g/mol. The normalized spacial score (nSPS) is 12.7. The molecule has 8 nitrogen and oxygen atoms in total. The van der Waals surface area contributed by atoms with E-state index in [0.29, 0.717) is 23.4 Å². The highest BCUT2D eigenvalue weighted by Gasteiger charge is 2.35. The number of hydrogen-bond donors (Lipinski definition) is 1. The fourth-order valence-electron chi connectivity index (χ4n) is 4.38. The van der Waals surface area contributed by atoms with E-state index in [-0.39, 0.29) is 39.8 Å². The summed E-state index contributed by atoms with van der Waals surface area (Å²) in [7, 11) is -2.88. The highest BCUT2D eigenvalue weighted by Crippen LogP contribution is 2.35. The first kappa shape index (κ1) is 33.2. The Morgan fingerprint density at radius 3 is 2.24 bits per heavy atom. The third kappa shape index (κ3) is 7.96. The number of carbonyl (C=O) groups is 2. The number of benzene rings is 3. The van der Waals surface area contributed by atoms with Gasteiger partial charge in [-0.1, -0.05) is 72.9 Å². The van der Waals surface area contributed by atoms with Gasteiger partial charge in [-0.3, -0.25) is 13.9 Å². The van der Waals surface area contributed by atoms with Crippen molar-refractivity contribution in [2.24, 2.45) is 0 Å². The van der Waals surface area contributed by atoms with Crippen molar-refractivity contribution in [3.05, 3.63) is 87.9 Å². The van der Waals surface area contributed by atoms with Crippen LogP contribution in [0, 0.1) is 6.92 Å². The SMILES string of the molecule is CC[C@@H](C)NC(=O)[C@@H](CC)N(Cc1ccccc1Cl)C(=O)CN(c1cc(Cl)ccc1OC)S(=O)(=O)c1ccc(C)cc1. The van der Waals surface area contributed by atoms with Gasteiger partial charge in [-0.25, -0.2) is 8.42 Å². The van der Waals surface area contributed by atoms with Gasteiger partial charge in [0.1, 0.15) is 18.3 Å². The van der Waals surface area contributed by atoms with Crippen LogP contribution >= 0.6 is 23.2 Å². The Hall–Kier alpha value is -3.27. The molecule has 0 aliphatic carbocycles. The first-order valence-corrected chi connectivity index (χ1v) is 15.9. The zero-order valence-corrected chi connectivity index (χ0v) is 26.8. The van der Waals surface area contributed by atoms with Crippen molar-refractivity contribution in [3.8, 4) is 5.75 Å². The molecule has 0 radical (unpaired) electrons. The van der Waals surface area contributed by atoms with E-state index >= 15 is 0 Å². The lowest BCUT2D eigenvalue weighted by molar-refractivity contribution is -0.140. The zero-order valence-electron chi connectivity index (χ0n) is 24.4. The Labute approximate surface area is 258 Å². The van der Waals surface area contributed by atoms with Crippen LogP contribution in [0.5, 0.6) is 5.75 Å². The first-order chi connectivity index (χ1) is 19.9. The number of ether oxygens (including phenoxy) is 1. The van der Waals surface area contributed by atoms with E-state index in [1.54, 1.807) is 49.4 Å². The van der Waals surface area contributed by atoms with Gasteiger partial charge in [-0.2, -0.15) is 0 Å². The fourth-order valence-corrected chi connectivity index (χ4v) is 6.16. The van der Waals surface area contributed by atoms with Crippen LogP contribution in [0.15, 0.2) is 71.6 Å². The second-order valence-corrected chi connectivity index (χ2v) is 12.7. The summed E-state index contributed by atoms with van der Waals surface area (Å²) < 4.78 is 34.7. The molecule has 0 aromatic heterocycles. The maximum absolute atomic E-state index is 14.2. The number of nitrogens with one attached hydrogen (secondary N) is 1. The van der Waals surface area contributed by atoms with Gasteiger partial charge in [0.2, 0.25) is 11.8 Å². The molecule has 3 rings (SSSR count). The Morgan fingerprint density at radius 2 is 1.64 bits per heavy atom. The molecule has 0 aliphatic rings. The average molecular weight is 635 g/mol. The molecule has 2 atom stereocenters. The minimum absolute atomic E-state index is 0.00393. The molecule has 226 valence electrons. The Bertz CT molecular complexity index is 1500. The molecule has 3 aromatic carbocycles. The highest BCUT2D eigenvalue weighted by molar-refractivity contribution is 7.92. The molecule has 3 aromatic rings. The smallest absolute Gasteiger partial charge is 0.264 e. The van der Waals surface area contributed by atoms with Crippen molar-refractivity contribution in [2.75, 3.05) is 18.0 Å². The van der Waals surface area contributed by atoms with Crippen molar-refractivity contribution in [2.45, 2.75) is 64.1 Å². The molecule has 2 amide bonds. The van der Waals surface area contributed by atoms with Crippen molar-refractivity contribution in [1.29, 1.82) is 0 Å². The largest absolute Gasteiger partial charge is 0.495 e. The predicted molar refractivity (Wildman–Crippen MR) is 168 cm³/mol.